The van der Waals surface area contributed by atoms with Crippen LogP contribution < -0.4 is 5.32 Å². The topological polar surface area (TPSA) is 94.2 Å². The number of sulfone groups is 1. The predicted molar refractivity (Wildman–Crippen MR) is 85.6 cm³/mol. The lowest BCUT2D eigenvalue weighted by atomic mass is 10.3. The van der Waals surface area contributed by atoms with Gasteiger partial charge < -0.3 is 9.73 Å². The molecular weight excluding hydrogens is 318 g/mol. The fraction of sp³-hybridized carbons (Fsp3) is 0.333. The molecule has 0 spiro atoms. The Kier molecular flexibility index (Phi) is 4.08. The van der Waals surface area contributed by atoms with E-state index < -0.39 is 9.84 Å². The van der Waals surface area contributed by atoms with Crippen molar-refractivity contribution in [3.63, 3.8) is 0 Å². The molecule has 0 saturated carbocycles. The third-order valence-electron chi connectivity index (χ3n) is 3.64. The number of carbonyl (C=O) groups excluding carboxylic acids is 1. The average molecular weight is 335 g/mol. The van der Waals surface area contributed by atoms with Crippen LogP contribution in [0.3, 0.4) is 0 Å². The van der Waals surface area contributed by atoms with Gasteiger partial charge in [0.2, 0.25) is 5.91 Å². The average Bonchev–Trinajstić information content (AvgIpc) is 3.17. The largest absolute Gasteiger partial charge is 0.462 e. The minimum atomic E-state index is -3.01. The van der Waals surface area contributed by atoms with E-state index in [0.717, 1.165) is 5.76 Å². The lowest BCUT2D eigenvalue weighted by molar-refractivity contribution is -0.111. The molecule has 1 N–H and O–H groups in total. The molecule has 7 nitrogen and oxygen atoms in total. The van der Waals surface area contributed by atoms with Gasteiger partial charge in [-0.1, -0.05) is 0 Å². The van der Waals surface area contributed by atoms with Crippen molar-refractivity contribution in [2.75, 3.05) is 16.8 Å². The van der Waals surface area contributed by atoms with Crippen LogP contribution in [0.15, 0.2) is 34.9 Å². The van der Waals surface area contributed by atoms with Crippen LogP contribution in [0.5, 0.6) is 0 Å². The van der Waals surface area contributed by atoms with Crippen LogP contribution in [0, 0.1) is 6.92 Å². The van der Waals surface area contributed by atoms with E-state index in [-0.39, 0.29) is 23.5 Å². The Hall–Kier alpha value is -2.35. The standard InChI is InChI=1S/C15H17N3O4S/c1-11-2-3-13(22-11)4-5-15(19)17-14-6-8-16-18(14)12-7-9-23(20,21)10-12/h2-6,8,12H,7,9-10H2,1H3,(H,17,19)/b5-4+/t12-/m0/s1. The maximum atomic E-state index is 12.0. The van der Waals surface area contributed by atoms with Gasteiger partial charge in [0.1, 0.15) is 17.3 Å². The summed E-state index contributed by atoms with van der Waals surface area (Å²) in [5.41, 5.74) is 0. The maximum absolute atomic E-state index is 12.0. The molecule has 1 fully saturated rings. The molecule has 1 amide bonds. The molecule has 1 aliphatic rings. The fourth-order valence-electron chi connectivity index (χ4n) is 2.54. The van der Waals surface area contributed by atoms with Gasteiger partial charge in [-0.3, -0.25) is 4.79 Å². The number of carbonyl (C=O) groups is 1. The summed E-state index contributed by atoms with van der Waals surface area (Å²) in [6.45, 7) is 1.83. The molecule has 1 saturated heterocycles. The first-order valence-corrected chi connectivity index (χ1v) is 9.04. The van der Waals surface area contributed by atoms with Gasteiger partial charge in [-0.2, -0.15) is 5.10 Å². The van der Waals surface area contributed by atoms with Gasteiger partial charge in [-0.25, -0.2) is 13.1 Å². The van der Waals surface area contributed by atoms with Crippen molar-refractivity contribution in [1.29, 1.82) is 0 Å². The van der Waals surface area contributed by atoms with Gasteiger partial charge in [-0.05, 0) is 31.6 Å². The third-order valence-corrected chi connectivity index (χ3v) is 5.39. The van der Waals surface area contributed by atoms with Gasteiger partial charge in [0.05, 0.1) is 23.7 Å². The molecule has 2 aromatic heterocycles. The minimum Gasteiger partial charge on any atom is -0.462 e. The number of rotatable bonds is 4. The highest BCUT2D eigenvalue weighted by Crippen LogP contribution is 2.26. The summed E-state index contributed by atoms with van der Waals surface area (Å²) < 4.78 is 30.1. The Morgan fingerprint density at radius 2 is 2.26 bits per heavy atom. The minimum absolute atomic E-state index is 0.0546. The van der Waals surface area contributed by atoms with E-state index >= 15 is 0 Å². The predicted octanol–water partition coefficient (Wildman–Crippen LogP) is 1.80. The van der Waals surface area contributed by atoms with Crippen molar-refractivity contribution in [3.8, 4) is 0 Å². The highest BCUT2D eigenvalue weighted by Gasteiger charge is 2.30. The van der Waals surface area contributed by atoms with Crippen molar-refractivity contribution in [3.05, 3.63) is 42.0 Å². The van der Waals surface area contributed by atoms with Gasteiger partial charge in [-0.15, -0.1) is 0 Å². The number of furan rings is 1. The number of nitrogens with zero attached hydrogens (tertiary/aromatic N) is 2. The second-order valence-corrected chi connectivity index (χ2v) is 7.72. The summed E-state index contributed by atoms with van der Waals surface area (Å²) in [7, 11) is -3.01. The number of anilines is 1. The van der Waals surface area contributed by atoms with Crippen LogP contribution in [0.25, 0.3) is 6.08 Å². The van der Waals surface area contributed by atoms with Crippen molar-refractivity contribution >= 4 is 27.6 Å². The van der Waals surface area contributed by atoms with E-state index in [9.17, 15) is 13.2 Å². The SMILES string of the molecule is Cc1ccc(/C=C/C(=O)Nc2ccnn2[C@H]2CCS(=O)(=O)C2)o1. The number of hydrogen-bond acceptors (Lipinski definition) is 5. The summed E-state index contributed by atoms with van der Waals surface area (Å²) >= 11 is 0. The second-order valence-electron chi connectivity index (χ2n) is 5.49. The molecule has 122 valence electrons. The highest BCUT2D eigenvalue weighted by atomic mass is 32.2. The molecule has 23 heavy (non-hydrogen) atoms. The van der Waals surface area contributed by atoms with E-state index in [0.29, 0.717) is 18.0 Å². The molecular formula is C15H17N3O4S. The van der Waals surface area contributed by atoms with Gasteiger partial charge in [0.25, 0.3) is 0 Å². The summed E-state index contributed by atoms with van der Waals surface area (Å²) in [6, 6.07) is 5.00. The van der Waals surface area contributed by atoms with E-state index in [4.69, 9.17) is 4.42 Å². The van der Waals surface area contributed by atoms with Crippen LogP contribution >= 0.6 is 0 Å². The van der Waals surface area contributed by atoms with Gasteiger partial charge in [0.15, 0.2) is 9.84 Å². The smallest absolute Gasteiger partial charge is 0.249 e. The van der Waals surface area contributed by atoms with Crippen molar-refractivity contribution < 1.29 is 17.6 Å². The number of aromatic nitrogens is 2. The first-order valence-electron chi connectivity index (χ1n) is 7.22. The van der Waals surface area contributed by atoms with E-state index in [1.54, 1.807) is 29.1 Å². The zero-order valence-electron chi connectivity index (χ0n) is 12.6. The number of aryl methyl sites for hydroxylation is 1. The molecule has 3 rings (SSSR count). The highest BCUT2D eigenvalue weighted by molar-refractivity contribution is 7.91. The summed E-state index contributed by atoms with van der Waals surface area (Å²) in [6.07, 6.45) is 4.98. The summed E-state index contributed by atoms with van der Waals surface area (Å²) in [5.74, 6) is 1.72. The van der Waals surface area contributed by atoms with E-state index in [1.807, 2.05) is 13.0 Å². The first kappa shape index (κ1) is 15.5. The van der Waals surface area contributed by atoms with Gasteiger partial charge >= 0.3 is 0 Å². The van der Waals surface area contributed by atoms with Crippen molar-refractivity contribution in [1.82, 2.24) is 9.78 Å². The number of hydrogen-bond donors (Lipinski definition) is 1. The molecule has 0 unspecified atom stereocenters. The van der Waals surface area contributed by atoms with Crippen LogP contribution in [-0.2, 0) is 14.6 Å². The van der Waals surface area contributed by atoms with Crippen molar-refractivity contribution in [2.24, 2.45) is 0 Å². The molecule has 3 heterocycles. The Labute approximate surface area is 133 Å². The number of amides is 1. The Balaban J connectivity index is 1.68. The lowest BCUT2D eigenvalue weighted by Crippen LogP contribution is -2.18. The van der Waals surface area contributed by atoms with Crippen LogP contribution in [0.2, 0.25) is 0 Å². The monoisotopic (exact) mass is 335 g/mol. The van der Waals surface area contributed by atoms with Crippen LogP contribution in [0.4, 0.5) is 5.82 Å². The molecule has 0 bridgehead atoms. The van der Waals surface area contributed by atoms with Crippen LogP contribution in [-0.4, -0.2) is 35.6 Å². The molecule has 0 aromatic carbocycles. The van der Waals surface area contributed by atoms with E-state index in [1.165, 1.54) is 6.08 Å². The molecule has 0 radical (unpaired) electrons. The van der Waals surface area contributed by atoms with Crippen LogP contribution in [0.1, 0.15) is 24.0 Å². The lowest BCUT2D eigenvalue weighted by Gasteiger charge is -2.12. The normalized spacial score (nSPS) is 20.1. The quantitative estimate of drug-likeness (QED) is 0.860. The van der Waals surface area contributed by atoms with Crippen molar-refractivity contribution in [2.45, 2.75) is 19.4 Å². The van der Waals surface area contributed by atoms with E-state index in [2.05, 4.69) is 10.4 Å². The maximum Gasteiger partial charge on any atom is 0.249 e. The zero-order chi connectivity index (χ0) is 16.4. The Morgan fingerprint density at radius 3 is 2.91 bits per heavy atom. The fourth-order valence-corrected chi connectivity index (χ4v) is 4.23. The molecule has 8 heteroatoms. The molecule has 2 aromatic rings. The van der Waals surface area contributed by atoms with Gasteiger partial charge in [0, 0.05) is 12.1 Å². The zero-order valence-corrected chi connectivity index (χ0v) is 13.4. The molecule has 1 aliphatic heterocycles. The Bertz CT molecular complexity index is 848. The third kappa shape index (κ3) is 3.70. The number of nitrogens with one attached hydrogen (secondary N) is 1. The Morgan fingerprint density at radius 1 is 1.43 bits per heavy atom. The summed E-state index contributed by atoms with van der Waals surface area (Å²) in [5, 5.41) is 6.84. The molecule has 1 atom stereocenters. The second kappa shape index (κ2) is 6.04. The molecule has 0 aliphatic carbocycles. The summed E-state index contributed by atoms with van der Waals surface area (Å²) in [4.78, 5) is 12.0. The first-order chi connectivity index (χ1) is 10.9.